The van der Waals surface area contributed by atoms with Crippen LogP contribution in [-0.2, 0) is 16.1 Å². The topological polar surface area (TPSA) is 26.3 Å². The molecule has 2 heteroatoms. The molecule has 0 N–H and O–H groups in total. The van der Waals surface area contributed by atoms with Gasteiger partial charge in [-0.2, -0.15) is 0 Å². The SMILES string of the molecule is C[C@]12CCC(=O)C=C1CCC1C2CC[C@@]2(C)C1CC[C@@H]2OCc1ccccc1. The third kappa shape index (κ3) is 2.83. The standard InChI is InChI=1S/C26H34O2/c1-25-14-12-20(27)16-19(25)8-9-21-22-10-11-24(26(22,2)15-13-23(21)25)28-17-18-6-4-3-5-7-18/h3-7,16,21-24H,8-15,17H2,1-2H3/t21?,22?,23?,24-,25-,26-/m0/s1. The Labute approximate surface area is 169 Å². The van der Waals surface area contributed by atoms with Gasteiger partial charge in [-0.3, -0.25) is 4.79 Å². The average molecular weight is 379 g/mol. The van der Waals surface area contributed by atoms with E-state index in [2.05, 4.69) is 44.2 Å². The van der Waals surface area contributed by atoms with Crippen LogP contribution in [0.1, 0.15) is 70.8 Å². The van der Waals surface area contributed by atoms with Gasteiger partial charge in [0.2, 0.25) is 0 Å². The van der Waals surface area contributed by atoms with Crippen molar-refractivity contribution in [3.05, 3.63) is 47.5 Å². The second-order valence-electron chi connectivity index (χ2n) is 10.4. The Kier molecular flexibility index (Phi) is 4.54. The zero-order chi connectivity index (χ0) is 19.4. The molecule has 0 aromatic heterocycles. The van der Waals surface area contributed by atoms with Crippen LogP contribution in [0, 0.1) is 28.6 Å². The first-order chi connectivity index (χ1) is 13.5. The Bertz CT molecular complexity index is 781. The van der Waals surface area contributed by atoms with Crippen LogP contribution in [-0.4, -0.2) is 11.9 Å². The summed E-state index contributed by atoms with van der Waals surface area (Å²) in [4.78, 5) is 12.0. The van der Waals surface area contributed by atoms with Crippen molar-refractivity contribution in [1.82, 2.24) is 0 Å². The van der Waals surface area contributed by atoms with Gasteiger partial charge in [0.25, 0.3) is 0 Å². The highest BCUT2D eigenvalue weighted by molar-refractivity contribution is 5.91. The van der Waals surface area contributed by atoms with Crippen LogP contribution < -0.4 is 0 Å². The molecule has 1 aromatic carbocycles. The van der Waals surface area contributed by atoms with Crippen LogP contribution in [0.15, 0.2) is 42.0 Å². The number of fused-ring (bicyclic) bond motifs is 5. The molecular formula is C26H34O2. The molecule has 6 atom stereocenters. The molecule has 0 bridgehead atoms. The highest BCUT2D eigenvalue weighted by Gasteiger charge is 2.59. The molecule has 2 nitrogen and oxygen atoms in total. The van der Waals surface area contributed by atoms with Crippen LogP contribution in [0.3, 0.4) is 0 Å². The molecule has 3 unspecified atom stereocenters. The van der Waals surface area contributed by atoms with Crippen molar-refractivity contribution in [3.8, 4) is 0 Å². The predicted octanol–water partition coefficient (Wildman–Crippen LogP) is 6.10. The maximum Gasteiger partial charge on any atom is 0.155 e. The van der Waals surface area contributed by atoms with E-state index < -0.39 is 0 Å². The Hall–Kier alpha value is -1.41. The fourth-order valence-electron chi connectivity index (χ4n) is 7.56. The Morgan fingerprint density at radius 1 is 0.964 bits per heavy atom. The summed E-state index contributed by atoms with van der Waals surface area (Å²) in [5.41, 5.74) is 3.37. The molecule has 0 radical (unpaired) electrons. The Morgan fingerprint density at radius 2 is 1.79 bits per heavy atom. The molecule has 28 heavy (non-hydrogen) atoms. The minimum absolute atomic E-state index is 0.279. The van der Waals surface area contributed by atoms with Crippen molar-refractivity contribution in [3.63, 3.8) is 0 Å². The lowest BCUT2D eigenvalue weighted by atomic mass is 9.47. The number of rotatable bonds is 3. The lowest BCUT2D eigenvalue weighted by molar-refractivity contribution is -0.119. The number of carbonyl (C=O) groups excluding carboxylic acids is 1. The van der Waals surface area contributed by atoms with Gasteiger partial charge in [-0.1, -0.05) is 49.8 Å². The summed E-state index contributed by atoms with van der Waals surface area (Å²) in [5.74, 6) is 2.75. The van der Waals surface area contributed by atoms with E-state index in [0.717, 1.165) is 43.6 Å². The highest BCUT2D eigenvalue weighted by Crippen LogP contribution is 2.65. The van der Waals surface area contributed by atoms with Crippen molar-refractivity contribution in [2.75, 3.05) is 0 Å². The van der Waals surface area contributed by atoms with Crippen LogP contribution in [0.4, 0.5) is 0 Å². The van der Waals surface area contributed by atoms with E-state index in [9.17, 15) is 4.79 Å². The summed E-state index contributed by atoms with van der Waals surface area (Å²) in [6, 6.07) is 10.6. The first kappa shape index (κ1) is 18.6. The average Bonchev–Trinajstić information content (AvgIpc) is 3.04. The molecule has 0 saturated heterocycles. The Morgan fingerprint density at radius 3 is 2.61 bits per heavy atom. The van der Waals surface area contributed by atoms with Crippen molar-refractivity contribution in [2.24, 2.45) is 28.6 Å². The fourth-order valence-corrected chi connectivity index (χ4v) is 7.56. The quantitative estimate of drug-likeness (QED) is 0.635. The van der Waals surface area contributed by atoms with Crippen molar-refractivity contribution < 1.29 is 9.53 Å². The van der Waals surface area contributed by atoms with E-state index in [1.54, 1.807) is 0 Å². The molecule has 0 amide bonds. The molecule has 1 aromatic rings. The first-order valence-corrected chi connectivity index (χ1v) is 11.4. The number of carbonyl (C=O) groups is 1. The lowest BCUT2D eigenvalue weighted by Gasteiger charge is -2.58. The van der Waals surface area contributed by atoms with Crippen molar-refractivity contribution in [1.29, 1.82) is 0 Å². The molecular weight excluding hydrogens is 344 g/mol. The summed E-state index contributed by atoms with van der Waals surface area (Å²) < 4.78 is 6.53. The summed E-state index contributed by atoms with van der Waals surface area (Å²) in [6.45, 7) is 5.74. The summed E-state index contributed by atoms with van der Waals surface area (Å²) in [5, 5.41) is 0. The first-order valence-electron chi connectivity index (χ1n) is 11.4. The van der Waals surface area contributed by atoms with Gasteiger partial charge in [-0.05, 0) is 85.2 Å². The van der Waals surface area contributed by atoms with Crippen molar-refractivity contribution >= 4 is 5.78 Å². The summed E-state index contributed by atoms with van der Waals surface area (Å²) in [6.07, 6.45) is 11.8. The van der Waals surface area contributed by atoms with E-state index in [0.29, 0.717) is 17.3 Å². The molecule has 3 saturated carbocycles. The number of ether oxygens (including phenoxy) is 1. The maximum atomic E-state index is 12.0. The number of hydrogen-bond acceptors (Lipinski definition) is 2. The van der Waals surface area contributed by atoms with Crippen molar-refractivity contribution in [2.45, 2.75) is 77.9 Å². The van der Waals surface area contributed by atoms with Crippen LogP contribution >= 0.6 is 0 Å². The van der Waals surface area contributed by atoms with Gasteiger partial charge >= 0.3 is 0 Å². The number of benzene rings is 1. The van der Waals surface area contributed by atoms with E-state index in [1.165, 1.54) is 43.2 Å². The maximum absolute atomic E-state index is 12.0. The van der Waals surface area contributed by atoms with Gasteiger partial charge in [0.15, 0.2) is 5.78 Å². The van der Waals surface area contributed by atoms with Crippen LogP contribution in [0.5, 0.6) is 0 Å². The highest BCUT2D eigenvalue weighted by atomic mass is 16.5. The van der Waals surface area contributed by atoms with Gasteiger partial charge in [-0.25, -0.2) is 0 Å². The molecule has 3 fully saturated rings. The Balaban J connectivity index is 1.34. The molecule has 0 spiro atoms. The molecule has 0 heterocycles. The van der Waals surface area contributed by atoms with Crippen LogP contribution in [0.2, 0.25) is 0 Å². The number of hydrogen-bond donors (Lipinski definition) is 0. The van der Waals surface area contributed by atoms with E-state index in [1.807, 2.05) is 6.08 Å². The fraction of sp³-hybridized carbons (Fsp3) is 0.654. The van der Waals surface area contributed by atoms with Gasteiger partial charge < -0.3 is 4.74 Å². The zero-order valence-electron chi connectivity index (χ0n) is 17.5. The largest absolute Gasteiger partial charge is 0.373 e. The number of allylic oxidation sites excluding steroid dienone is 1. The minimum atomic E-state index is 0.279. The smallest absolute Gasteiger partial charge is 0.155 e. The second kappa shape index (κ2) is 6.83. The van der Waals surface area contributed by atoms with Gasteiger partial charge in [-0.15, -0.1) is 0 Å². The van der Waals surface area contributed by atoms with Gasteiger partial charge in [0.05, 0.1) is 12.7 Å². The third-order valence-corrected chi connectivity index (χ3v) is 9.17. The van der Waals surface area contributed by atoms with Gasteiger partial charge in [0.1, 0.15) is 0 Å². The van der Waals surface area contributed by atoms with E-state index >= 15 is 0 Å². The molecule has 150 valence electrons. The molecule has 0 aliphatic heterocycles. The summed E-state index contributed by atoms with van der Waals surface area (Å²) in [7, 11) is 0. The normalized spacial score (nSPS) is 42.4. The minimum Gasteiger partial charge on any atom is -0.373 e. The molecule has 5 rings (SSSR count). The lowest BCUT2D eigenvalue weighted by Crippen LogP contribution is -2.51. The monoisotopic (exact) mass is 378 g/mol. The van der Waals surface area contributed by atoms with Gasteiger partial charge in [0, 0.05) is 6.42 Å². The number of ketones is 1. The third-order valence-electron chi connectivity index (χ3n) is 9.17. The van der Waals surface area contributed by atoms with Crippen LogP contribution in [0.25, 0.3) is 0 Å². The van der Waals surface area contributed by atoms with E-state index in [4.69, 9.17) is 4.74 Å². The van der Waals surface area contributed by atoms with E-state index in [-0.39, 0.29) is 5.41 Å². The predicted molar refractivity (Wildman–Crippen MR) is 112 cm³/mol. The molecule has 4 aliphatic rings. The molecule has 4 aliphatic carbocycles. The zero-order valence-corrected chi connectivity index (χ0v) is 17.5. The second-order valence-corrected chi connectivity index (χ2v) is 10.4. The summed E-state index contributed by atoms with van der Waals surface area (Å²) >= 11 is 0.